The second-order valence-corrected chi connectivity index (χ2v) is 5.68. The Morgan fingerprint density at radius 2 is 1.80 bits per heavy atom. The molecule has 0 aromatic heterocycles. The lowest BCUT2D eigenvalue weighted by molar-refractivity contribution is -0.121. The first kappa shape index (κ1) is 16.7. The molecule has 0 saturated heterocycles. The van der Waals surface area contributed by atoms with Gasteiger partial charge < -0.3 is 4.74 Å². The van der Waals surface area contributed by atoms with Crippen LogP contribution in [0.15, 0.2) is 71.8 Å². The topological polar surface area (TPSA) is 50.7 Å². The van der Waals surface area contributed by atoms with Gasteiger partial charge in [-0.1, -0.05) is 60.7 Å². The molecule has 126 valence electrons. The predicted molar refractivity (Wildman–Crippen MR) is 101 cm³/mol. The van der Waals surface area contributed by atoms with E-state index in [1.165, 1.54) is 0 Å². The van der Waals surface area contributed by atoms with Crippen molar-refractivity contribution < 1.29 is 9.53 Å². The van der Waals surface area contributed by atoms with Crippen LogP contribution in [0.4, 0.5) is 0 Å². The number of rotatable bonds is 6. The molecule has 0 radical (unpaired) electrons. The normalized spacial score (nSPS) is 10.9. The predicted octanol–water partition coefficient (Wildman–Crippen LogP) is 3.93. The maximum Gasteiger partial charge on any atom is 0.240 e. The van der Waals surface area contributed by atoms with Crippen LogP contribution in [0.3, 0.4) is 0 Å². The van der Waals surface area contributed by atoms with Gasteiger partial charge in [0.1, 0.15) is 5.75 Å². The highest BCUT2D eigenvalue weighted by molar-refractivity contribution is 6.02. The van der Waals surface area contributed by atoms with Crippen molar-refractivity contribution in [2.24, 2.45) is 5.10 Å². The number of hydrogen-bond acceptors (Lipinski definition) is 3. The van der Waals surface area contributed by atoms with Crippen molar-refractivity contribution in [3.8, 4) is 5.75 Å². The molecule has 0 aliphatic carbocycles. The Labute approximate surface area is 147 Å². The van der Waals surface area contributed by atoms with E-state index in [-0.39, 0.29) is 5.91 Å². The van der Waals surface area contributed by atoms with Crippen LogP contribution in [-0.2, 0) is 11.2 Å². The first-order valence-corrected chi connectivity index (χ1v) is 8.19. The SMILES string of the molecule is COc1ccc2ccccc2c1/C=N\NC(=O)CCc1ccccc1. The number of hydrogen-bond donors (Lipinski definition) is 1. The lowest BCUT2D eigenvalue weighted by Crippen LogP contribution is -2.18. The third-order valence-electron chi connectivity index (χ3n) is 4.02. The van der Waals surface area contributed by atoms with E-state index in [1.807, 2.05) is 66.7 Å². The van der Waals surface area contributed by atoms with Gasteiger partial charge in [-0.3, -0.25) is 4.79 Å². The molecule has 4 nitrogen and oxygen atoms in total. The molecule has 3 aromatic rings. The molecular weight excluding hydrogens is 312 g/mol. The van der Waals surface area contributed by atoms with Crippen molar-refractivity contribution >= 4 is 22.9 Å². The molecule has 0 bridgehead atoms. The lowest BCUT2D eigenvalue weighted by atomic mass is 10.0. The maximum atomic E-state index is 12.0. The van der Waals surface area contributed by atoms with Gasteiger partial charge in [0.25, 0.3) is 0 Å². The zero-order chi connectivity index (χ0) is 17.5. The fourth-order valence-corrected chi connectivity index (χ4v) is 2.71. The van der Waals surface area contributed by atoms with E-state index < -0.39 is 0 Å². The Morgan fingerprint density at radius 1 is 1.04 bits per heavy atom. The summed E-state index contributed by atoms with van der Waals surface area (Å²) in [6.07, 6.45) is 2.73. The van der Waals surface area contributed by atoms with Gasteiger partial charge in [-0.2, -0.15) is 5.10 Å². The van der Waals surface area contributed by atoms with Crippen molar-refractivity contribution in [3.05, 3.63) is 77.9 Å². The second kappa shape index (κ2) is 8.11. The third-order valence-corrected chi connectivity index (χ3v) is 4.02. The molecule has 0 fully saturated rings. The summed E-state index contributed by atoms with van der Waals surface area (Å²) in [7, 11) is 1.62. The lowest BCUT2D eigenvalue weighted by Gasteiger charge is -2.08. The summed E-state index contributed by atoms with van der Waals surface area (Å²) in [6.45, 7) is 0. The quantitative estimate of drug-likeness (QED) is 0.549. The molecule has 1 N–H and O–H groups in total. The zero-order valence-corrected chi connectivity index (χ0v) is 14.1. The largest absolute Gasteiger partial charge is 0.496 e. The van der Waals surface area contributed by atoms with Gasteiger partial charge in [-0.25, -0.2) is 5.43 Å². The van der Waals surface area contributed by atoms with Crippen molar-refractivity contribution in [2.75, 3.05) is 7.11 Å². The fraction of sp³-hybridized carbons (Fsp3) is 0.143. The number of carbonyl (C=O) groups is 1. The Hall–Kier alpha value is -3.14. The fourth-order valence-electron chi connectivity index (χ4n) is 2.71. The first-order valence-electron chi connectivity index (χ1n) is 8.19. The van der Waals surface area contributed by atoms with E-state index in [1.54, 1.807) is 13.3 Å². The Kier molecular flexibility index (Phi) is 5.42. The summed E-state index contributed by atoms with van der Waals surface area (Å²) >= 11 is 0. The van der Waals surface area contributed by atoms with Crippen LogP contribution in [0.2, 0.25) is 0 Å². The van der Waals surface area contributed by atoms with Gasteiger partial charge in [0, 0.05) is 12.0 Å². The van der Waals surface area contributed by atoms with E-state index in [0.29, 0.717) is 12.8 Å². The van der Waals surface area contributed by atoms with Crippen LogP contribution in [0.25, 0.3) is 10.8 Å². The standard InChI is InChI=1S/C21H20N2O2/c1-25-20-13-12-17-9-5-6-10-18(17)19(20)15-22-23-21(24)14-11-16-7-3-2-4-8-16/h2-10,12-13,15H,11,14H2,1H3,(H,23,24)/b22-15-. The Bertz CT molecular complexity index is 889. The minimum atomic E-state index is -0.112. The van der Waals surface area contributed by atoms with Crippen LogP contribution in [-0.4, -0.2) is 19.2 Å². The monoisotopic (exact) mass is 332 g/mol. The average Bonchev–Trinajstić information content (AvgIpc) is 2.67. The number of amides is 1. The summed E-state index contributed by atoms with van der Waals surface area (Å²) in [4.78, 5) is 12.0. The number of carbonyl (C=O) groups excluding carboxylic acids is 1. The highest BCUT2D eigenvalue weighted by Gasteiger charge is 2.06. The number of benzene rings is 3. The molecule has 0 atom stereocenters. The first-order chi connectivity index (χ1) is 12.3. The number of nitrogens with zero attached hydrogens (tertiary/aromatic N) is 1. The summed E-state index contributed by atoms with van der Waals surface area (Å²) in [5.74, 6) is 0.611. The summed E-state index contributed by atoms with van der Waals surface area (Å²) in [6, 6.07) is 21.8. The molecule has 0 spiro atoms. The number of aryl methyl sites for hydroxylation is 1. The van der Waals surface area contributed by atoms with Crippen LogP contribution >= 0.6 is 0 Å². The van der Waals surface area contributed by atoms with Crippen LogP contribution < -0.4 is 10.2 Å². The third kappa shape index (κ3) is 4.23. The molecule has 3 rings (SSSR count). The highest BCUT2D eigenvalue weighted by Crippen LogP contribution is 2.26. The van der Waals surface area contributed by atoms with Gasteiger partial charge >= 0.3 is 0 Å². The molecule has 25 heavy (non-hydrogen) atoms. The second-order valence-electron chi connectivity index (χ2n) is 5.68. The Morgan fingerprint density at radius 3 is 2.60 bits per heavy atom. The molecule has 1 amide bonds. The molecule has 0 unspecified atom stereocenters. The molecule has 0 aliphatic heterocycles. The summed E-state index contributed by atoms with van der Waals surface area (Å²) in [5, 5.41) is 6.24. The average molecular weight is 332 g/mol. The van der Waals surface area contributed by atoms with E-state index >= 15 is 0 Å². The number of nitrogens with one attached hydrogen (secondary N) is 1. The van der Waals surface area contributed by atoms with Crippen LogP contribution in [0, 0.1) is 0 Å². The Balaban J connectivity index is 1.67. The van der Waals surface area contributed by atoms with E-state index in [4.69, 9.17) is 4.74 Å². The minimum Gasteiger partial charge on any atom is -0.496 e. The van der Waals surface area contributed by atoms with Gasteiger partial charge in [-0.05, 0) is 28.8 Å². The zero-order valence-electron chi connectivity index (χ0n) is 14.1. The number of ether oxygens (including phenoxy) is 1. The van der Waals surface area contributed by atoms with Crippen molar-refractivity contribution in [3.63, 3.8) is 0 Å². The number of methoxy groups -OCH3 is 1. The molecular formula is C21H20N2O2. The molecule has 3 aromatic carbocycles. The van der Waals surface area contributed by atoms with Crippen LogP contribution in [0.1, 0.15) is 17.5 Å². The van der Waals surface area contributed by atoms with E-state index in [0.717, 1.165) is 27.6 Å². The smallest absolute Gasteiger partial charge is 0.240 e. The van der Waals surface area contributed by atoms with Gasteiger partial charge in [0.05, 0.1) is 13.3 Å². The summed E-state index contributed by atoms with van der Waals surface area (Å²) in [5.41, 5.74) is 4.58. The number of hydrazone groups is 1. The summed E-state index contributed by atoms with van der Waals surface area (Å²) < 4.78 is 5.41. The van der Waals surface area contributed by atoms with E-state index in [9.17, 15) is 4.79 Å². The molecule has 0 saturated carbocycles. The van der Waals surface area contributed by atoms with Crippen LogP contribution in [0.5, 0.6) is 5.75 Å². The number of fused-ring (bicyclic) bond motifs is 1. The van der Waals surface area contributed by atoms with Gasteiger partial charge in [0.2, 0.25) is 5.91 Å². The minimum absolute atomic E-state index is 0.112. The van der Waals surface area contributed by atoms with Crippen molar-refractivity contribution in [2.45, 2.75) is 12.8 Å². The maximum absolute atomic E-state index is 12.0. The highest BCUT2D eigenvalue weighted by atomic mass is 16.5. The molecule has 0 heterocycles. The van der Waals surface area contributed by atoms with Crippen molar-refractivity contribution in [1.82, 2.24) is 5.43 Å². The molecule has 0 aliphatic rings. The molecule has 4 heteroatoms. The van der Waals surface area contributed by atoms with Gasteiger partial charge in [0.15, 0.2) is 0 Å². The van der Waals surface area contributed by atoms with E-state index in [2.05, 4.69) is 10.5 Å². The van der Waals surface area contributed by atoms with Crippen molar-refractivity contribution in [1.29, 1.82) is 0 Å². The van der Waals surface area contributed by atoms with Gasteiger partial charge in [-0.15, -0.1) is 0 Å².